The van der Waals surface area contributed by atoms with Crippen molar-refractivity contribution in [3.05, 3.63) is 137 Å². The summed E-state index contributed by atoms with van der Waals surface area (Å²) in [5.74, 6) is -0.0146. The van der Waals surface area contributed by atoms with Crippen molar-refractivity contribution in [1.29, 1.82) is 0 Å². The van der Waals surface area contributed by atoms with E-state index in [0.29, 0.717) is 30.3 Å². The normalized spacial score (nSPS) is 17.8. The lowest BCUT2D eigenvalue weighted by molar-refractivity contribution is -0.124. The molecule has 1 aliphatic carbocycles. The van der Waals surface area contributed by atoms with Crippen molar-refractivity contribution in [2.45, 2.75) is 50.0 Å². The Morgan fingerprint density at radius 2 is 1.26 bits per heavy atom. The summed E-state index contributed by atoms with van der Waals surface area (Å²) in [6.07, 6.45) is -0.392. The first-order valence-electron chi connectivity index (χ1n) is 19.8. The first kappa shape index (κ1) is 38.1. The van der Waals surface area contributed by atoms with Crippen LogP contribution in [0.3, 0.4) is 0 Å². The number of nitrogens with zero attached hydrogens (tertiary/aromatic N) is 2. The number of carbonyl (C=O) groups is 3. The van der Waals surface area contributed by atoms with Gasteiger partial charge in [0.05, 0.1) is 11.2 Å². The summed E-state index contributed by atoms with van der Waals surface area (Å²) in [6.45, 7) is 4.70. The molecule has 0 fully saturated rings. The van der Waals surface area contributed by atoms with E-state index >= 15 is 0 Å². The second kappa shape index (κ2) is 15.1. The molecule has 2 aliphatic heterocycles. The van der Waals surface area contributed by atoms with Gasteiger partial charge in [0, 0.05) is 65.8 Å². The second-order valence-electron chi connectivity index (χ2n) is 16.1. The molecule has 3 atom stereocenters. The third-order valence-electron chi connectivity index (χ3n) is 12.4. The molecule has 3 N–H and O–H groups in total. The minimum absolute atomic E-state index is 0.00310. The summed E-state index contributed by atoms with van der Waals surface area (Å²) in [6, 6.07) is 36.3. The molecule has 6 aromatic carbocycles. The third kappa shape index (κ3) is 6.38. The van der Waals surface area contributed by atoms with Gasteiger partial charge in [0.1, 0.15) is 6.61 Å². The van der Waals surface area contributed by atoms with Crippen LogP contribution in [0.5, 0.6) is 0 Å². The standard InChI is InChI=1S/C48H44Cl2N4O4/c1-28-21-41-44(37-17-9-3-11-31(28)37)29(23-49)25-53(41)43(55)19-20-48(2,51)46(56)54-26-30(24-50)45-38-18-10-8-16-36(38)40(22-42(45)54)52-47(57)58-27-39-34-14-6-4-12-32(34)33-13-5-7-15-35(33)39/h3-18,21-22,29-30,39H,19-20,23-27,51H2,1-2H3,(H,52,57)/t29-,30-,48?/m1/s1. The number of nitrogens with two attached hydrogens (primary N) is 1. The fourth-order valence-corrected chi connectivity index (χ4v) is 10.0. The molecule has 0 saturated heterocycles. The molecular formula is C48H44Cl2N4O4. The average Bonchev–Trinajstić information content (AvgIpc) is 3.91. The molecule has 2 heterocycles. The zero-order valence-corrected chi connectivity index (χ0v) is 33.9. The fraction of sp³-hybridized carbons (Fsp3) is 0.271. The highest BCUT2D eigenvalue weighted by Crippen LogP contribution is 2.48. The summed E-state index contributed by atoms with van der Waals surface area (Å²) >= 11 is 13.1. The first-order chi connectivity index (χ1) is 28.1. The molecule has 58 heavy (non-hydrogen) atoms. The molecule has 3 amide bonds. The Kier molecular flexibility index (Phi) is 9.91. The maximum atomic E-state index is 14.5. The number of hydrogen-bond acceptors (Lipinski definition) is 5. The van der Waals surface area contributed by atoms with Crippen molar-refractivity contribution in [3.63, 3.8) is 0 Å². The molecule has 0 saturated carbocycles. The Labute approximate surface area is 347 Å². The van der Waals surface area contributed by atoms with Gasteiger partial charge in [0.15, 0.2) is 0 Å². The van der Waals surface area contributed by atoms with Gasteiger partial charge in [-0.3, -0.25) is 14.9 Å². The van der Waals surface area contributed by atoms with Crippen molar-refractivity contribution < 1.29 is 19.1 Å². The van der Waals surface area contributed by atoms with E-state index in [0.717, 1.165) is 66.2 Å². The summed E-state index contributed by atoms with van der Waals surface area (Å²) < 4.78 is 5.93. The SMILES string of the molecule is Cc1cc2c(c3ccccc13)[C@H](CCl)CN2C(=O)CCC(C)(N)C(=O)N1C[C@@H](CCl)c2c1cc(NC(=O)OCC1c3ccccc3-c3ccccc31)c1ccccc21. The van der Waals surface area contributed by atoms with Crippen molar-refractivity contribution in [2.24, 2.45) is 5.73 Å². The average molecular weight is 812 g/mol. The number of fused-ring (bicyclic) bond motifs is 9. The predicted octanol–water partition coefficient (Wildman–Crippen LogP) is 10.2. The number of ether oxygens (including phenoxy) is 1. The lowest BCUT2D eigenvalue weighted by Gasteiger charge is -2.30. The van der Waals surface area contributed by atoms with Crippen LogP contribution in [-0.2, 0) is 14.3 Å². The van der Waals surface area contributed by atoms with Gasteiger partial charge in [0.2, 0.25) is 11.8 Å². The Balaban J connectivity index is 0.948. The number of anilines is 3. The molecule has 1 unspecified atom stereocenters. The number of amides is 3. The van der Waals surface area contributed by atoms with E-state index in [1.807, 2.05) is 71.6 Å². The molecular weight excluding hydrogens is 767 g/mol. The third-order valence-corrected chi connectivity index (χ3v) is 13.1. The van der Waals surface area contributed by atoms with Crippen molar-refractivity contribution in [2.75, 3.05) is 46.6 Å². The molecule has 294 valence electrons. The van der Waals surface area contributed by atoms with Crippen molar-refractivity contribution in [1.82, 2.24) is 0 Å². The summed E-state index contributed by atoms with van der Waals surface area (Å²) in [7, 11) is 0. The van der Waals surface area contributed by atoms with E-state index in [2.05, 4.69) is 54.7 Å². The fourth-order valence-electron chi connectivity index (χ4n) is 9.51. The van der Waals surface area contributed by atoms with Gasteiger partial charge in [0.25, 0.3) is 0 Å². The van der Waals surface area contributed by atoms with Crippen LogP contribution in [0.1, 0.15) is 65.3 Å². The van der Waals surface area contributed by atoms with Crippen LogP contribution in [0.15, 0.2) is 109 Å². The van der Waals surface area contributed by atoms with E-state index in [4.69, 9.17) is 33.7 Å². The van der Waals surface area contributed by atoms with Gasteiger partial charge in [-0.1, -0.05) is 97.1 Å². The van der Waals surface area contributed by atoms with Gasteiger partial charge in [-0.05, 0) is 87.5 Å². The highest BCUT2D eigenvalue weighted by molar-refractivity contribution is 6.20. The molecule has 0 bridgehead atoms. The monoisotopic (exact) mass is 810 g/mol. The van der Waals surface area contributed by atoms with Crippen molar-refractivity contribution >= 4 is 79.7 Å². The predicted molar refractivity (Wildman–Crippen MR) is 235 cm³/mol. The van der Waals surface area contributed by atoms with Crippen LogP contribution in [0.2, 0.25) is 0 Å². The van der Waals surface area contributed by atoms with Crippen LogP contribution in [0, 0.1) is 6.92 Å². The van der Waals surface area contributed by atoms with Crippen LogP contribution >= 0.6 is 23.2 Å². The number of carbonyl (C=O) groups excluding carboxylic acids is 3. The van der Waals surface area contributed by atoms with Crippen molar-refractivity contribution in [3.8, 4) is 11.1 Å². The lowest BCUT2D eigenvalue weighted by Crippen LogP contribution is -2.53. The number of benzene rings is 6. The maximum Gasteiger partial charge on any atom is 0.411 e. The van der Waals surface area contributed by atoms with Crippen LogP contribution in [0.4, 0.5) is 21.9 Å². The second-order valence-corrected chi connectivity index (χ2v) is 16.7. The van der Waals surface area contributed by atoms with Gasteiger partial charge in [-0.25, -0.2) is 4.79 Å². The summed E-state index contributed by atoms with van der Waals surface area (Å²) in [5.41, 5.74) is 15.2. The minimum atomic E-state index is -1.38. The topological polar surface area (TPSA) is 105 Å². The summed E-state index contributed by atoms with van der Waals surface area (Å²) in [4.78, 5) is 45.6. The molecule has 8 nitrogen and oxygen atoms in total. The number of nitrogens with one attached hydrogen (secondary N) is 1. The minimum Gasteiger partial charge on any atom is -0.448 e. The molecule has 0 spiro atoms. The highest BCUT2D eigenvalue weighted by Gasteiger charge is 2.42. The Hall–Kier alpha value is -5.41. The largest absolute Gasteiger partial charge is 0.448 e. The Morgan fingerprint density at radius 3 is 1.88 bits per heavy atom. The van der Waals surface area contributed by atoms with E-state index < -0.39 is 11.6 Å². The van der Waals surface area contributed by atoms with Gasteiger partial charge >= 0.3 is 6.09 Å². The lowest BCUT2D eigenvalue weighted by atomic mass is 9.93. The van der Waals surface area contributed by atoms with Crippen LogP contribution < -0.4 is 20.9 Å². The number of halogens is 2. The number of rotatable bonds is 9. The van der Waals surface area contributed by atoms with E-state index in [-0.39, 0.29) is 54.9 Å². The van der Waals surface area contributed by atoms with Gasteiger partial charge in [-0.2, -0.15) is 0 Å². The highest BCUT2D eigenvalue weighted by atomic mass is 35.5. The Morgan fingerprint density at radius 1 is 0.741 bits per heavy atom. The Bertz CT molecular complexity index is 2600. The van der Waals surface area contributed by atoms with Gasteiger partial charge in [-0.15, -0.1) is 23.2 Å². The number of alkyl halides is 2. The maximum absolute atomic E-state index is 14.5. The molecule has 0 aromatic heterocycles. The molecule has 9 rings (SSSR count). The van der Waals surface area contributed by atoms with E-state index in [1.54, 1.807) is 11.8 Å². The molecule has 0 radical (unpaired) electrons. The molecule has 6 aromatic rings. The quantitative estimate of drug-likeness (QED) is 0.142. The zero-order valence-electron chi connectivity index (χ0n) is 32.4. The van der Waals surface area contributed by atoms with Gasteiger partial charge < -0.3 is 20.3 Å². The zero-order chi connectivity index (χ0) is 40.3. The number of hydrogen-bond donors (Lipinski definition) is 2. The molecule has 10 heteroatoms. The summed E-state index contributed by atoms with van der Waals surface area (Å²) in [5, 5.41) is 6.95. The first-order valence-corrected chi connectivity index (χ1v) is 20.9. The van der Waals surface area contributed by atoms with E-state index in [9.17, 15) is 14.4 Å². The van der Waals surface area contributed by atoms with E-state index in [1.165, 1.54) is 0 Å². The smallest absolute Gasteiger partial charge is 0.411 e. The molecule has 3 aliphatic rings. The van der Waals surface area contributed by atoms with Crippen LogP contribution in [0.25, 0.3) is 32.7 Å². The van der Waals surface area contributed by atoms with Crippen LogP contribution in [-0.4, -0.2) is 54.9 Å². The number of aryl methyl sites for hydroxylation is 1.